The van der Waals surface area contributed by atoms with Crippen LogP contribution in [-0.4, -0.2) is 38.2 Å². The first-order valence-electron chi connectivity index (χ1n) is 11.2. The van der Waals surface area contributed by atoms with Gasteiger partial charge in [-0.25, -0.2) is 0 Å². The largest absolute Gasteiger partial charge is 0.497 e. The molecule has 0 aliphatic carbocycles. The Morgan fingerprint density at radius 2 is 1.74 bits per heavy atom. The molecule has 0 fully saturated rings. The lowest BCUT2D eigenvalue weighted by molar-refractivity contribution is -0.125. The maximum atomic E-state index is 12.8. The molecule has 0 bridgehead atoms. The van der Waals surface area contributed by atoms with Crippen LogP contribution in [0.25, 0.3) is 0 Å². The lowest BCUT2D eigenvalue weighted by atomic mass is 10.1. The molecule has 3 aromatic rings. The summed E-state index contributed by atoms with van der Waals surface area (Å²) in [6.45, 7) is 4.43. The van der Waals surface area contributed by atoms with Crippen LogP contribution in [0.5, 0.6) is 17.2 Å². The fourth-order valence-electron chi connectivity index (χ4n) is 3.74. The standard InChI is InChI=1S/C27H28N2O5/c1-18-4-9-23(10-5-18)33-15-14-29-24-17-21(8-13-25(24)34-19(2)27(29)31)28-26(30)16-20-6-11-22(32-3)12-7-20/h4-13,17,19H,14-16H2,1-3H3,(H,28,30). The monoisotopic (exact) mass is 460 g/mol. The Morgan fingerprint density at radius 3 is 2.44 bits per heavy atom. The minimum absolute atomic E-state index is 0.151. The first-order chi connectivity index (χ1) is 16.4. The van der Waals surface area contributed by atoms with Crippen LogP contribution in [0.1, 0.15) is 18.1 Å². The van der Waals surface area contributed by atoms with Crippen LogP contribution in [-0.2, 0) is 16.0 Å². The van der Waals surface area contributed by atoms with Crippen LogP contribution in [0.3, 0.4) is 0 Å². The summed E-state index contributed by atoms with van der Waals surface area (Å²) in [4.78, 5) is 27.1. The molecule has 0 saturated heterocycles. The normalized spacial score (nSPS) is 14.7. The van der Waals surface area contributed by atoms with Gasteiger partial charge in [-0.15, -0.1) is 0 Å². The second kappa shape index (κ2) is 10.3. The number of ether oxygens (including phenoxy) is 3. The van der Waals surface area contributed by atoms with E-state index in [1.165, 1.54) is 0 Å². The number of aryl methyl sites for hydroxylation is 1. The number of amides is 2. The molecular formula is C27H28N2O5. The highest BCUT2D eigenvalue weighted by Crippen LogP contribution is 2.36. The number of fused-ring (bicyclic) bond motifs is 1. The molecule has 0 radical (unpaired) electrons. The van der Waals surface area contributed by atoms with Gasteiger partial charge in [-0.2, -0.15) is 0 Å². The number of methoxy groups -OCH3 is 1. The molecule has 1 unspecified atom stereocenters. The number of anilines is 2. The van der Waals surface area contributed by atoms with Crippen molar-refractivity contribution in [2.75, 3.05) is 30.5 Å². The predicted molar refractivity (Wildman–Crippen MR) is 131 cm³/mol. The van der Waals surface area contributed by atoms with Crippen molar-refractivity contribution in [3.05, 3.63) is 77.9 Å². The fraction of sp³-hybridized carbons (Fsp3) is 0.259. The van der Waals surface area contributed by atoms with E-state index in [0.29, 0.717) is 30.3 Å². The zero-order chi connectivity index (χ0) is 24.1. The number of hydrogen-bond acceptors (Lipinski definition) is 5. The Kier molecular flexibility index (Phi) is 7.01. The van der Waals surface area contributed by atoms with Gasteiger partial charge in [0.15, 0.2) is 6.10 Å². The second-order valence-electron chi connectivity index (χ2n) is 8.17. The lowest BCUT2D eigenvalue weighted by Crippen LogP contribution is -2.46. The zero-order valence-corrected chi connectivity index (χ0v) is 19.5. The summed E-state index contributed by atoms with van der Waals surface area (Å²) >= 11 is 0. The summed E-state index contributed by atoms with van der Waals surface area (Å²) in [6, 6.07) is 20.4. The van der Waals surface area contributed by atoms with Gasteiger partial charge in [0, 0.05) is 5.69 Å². The molecule has 1 N–H and O–H groups in total. The average Bonchev–Trinajstić information content (AvgIpc) is 2.83. The van der Waals surface area contributed by atoms with E-state index in [4.69, 9.17) is 14.2 Å². The number of rotatable bonds is 8. The molecule has 176 valence electrons. The summed E-state index contributed by atoms with van der Waals surface area (Å²) in [7, 11) is 1.60. The third-order valence-electron chi connectivity index (χ3n) is 5.58. The molecule has 1 heterocycles. The van der Waals surface area contributed by atoms with Crippen molar-refractivity contribution in [1.82, 2.24) is 0 Å². The van der Waals surface area contributed by atoms with Crippen LogP contribution in [0.2, 0.25) is 0 Å². The van der Waals surface area contributed by atoms with Gasteiger partial charge in [-0.05, 0) is 61.9 Å². The van der Waals surface area contributed by atoms with E-state index in [2.05, 4.69) is 5.32 Å². The highest BCUT2D eigenvalue weighted by molar-refractivity contribution is 6.01. The van der Waals surface area contributed by atoms with E-state index in [1.807, 2.05) is 55.5 Å². The molecule has 7 nitrogen and oxygen atoms in total. The summed E-state index contributed by atoms with van der Waals surface area (Å²) < 4.78 is 16.8. The van der Waals surface area contributed by atoms with Gasteiger partial charge in [0.05, 0.1) is 25.8 Å². The number of nitrogens with zero attached hydrogens (tertiary/aromatic N) is 1. The Labute approximate surface area is 199 Å². The molecular weight excluding hydrogens is 432 g/mol. The van der Waals surface area contributed by atoms with E-state index in [9.17, 15) is 9.59 Å². The van der Waals surface area contributed by atoms with Gasteiger partial charge in [0.25, 0.3) is 5.91 Å². The van der Waals surface area contributed by atoms with Gasteiger partial charge in [-0.1, -0.05) is 29.8 Å². The molecule has 0 aromatic heterocycles. The molecule has 1 aliphatic heterocycles. The summed E-state index contributed by atoms with van der Waals surface area (Å²) in [6.07, 6.45) is -0.371. The van der Waals surface area contributed by atoms with Crippen molar-refractivity contribution in [3.63, 3.8) is 0 Å². The first kappa shape index (κ1) is 23.2. The number of hydrogen-bond donors (Lipinski definition) is 1. The Balaban J connectivity index is 1.44. The molecule has 1 atom stereocenters. The van der Waals surface area contributed by atoms with Crippen molar-refractivity contribution in [2.45, 2.75) is 26.4 Å². The third-order valence-corrected chi connectivity index (χ3v) is 5.58. The van der Waals surface area contributed by atoms with Crippen LogP contribution >= 0.6 is 0 Å². The predicted octanol–water partition coefficient (Wildman–Crippen LogP) is 4.38. The Morgan fingerprint density at radius 1 is 1.03 bits per heavy atom. The van der Waals surface area contributed by atoms with Crippen LogP contribution in [0.4, 0.5) is 11.4 Å². The van der Waals surface area contributed by atoms with E-state index < -0.39 is 6.10 Å². The van der Waals surface area contributed by atoms with E-state index in [0.717, 1.165) is 22.6 Å². The minimum atomic E-state index is -0.595. The van der Waals surface area contributed by atoms with Gasteiger partial charge >= 0.3 is 0 Å². The summed E-state index contributed by atoms with van der Waals surface area (Å²) in [5.74, 6) is 1.77. The van der Waals surface area contributed by atoms with E-state index in [-0.39, 0.29) is 18.2 Å². The molecule has 7 heteroatoms. The minimum Gasteiger partial charge on any atom is -0.497 e. The first-order valence-corrected chi connectivity index (χ1v) is 11.2. The van der Waals surface area contributed by atoms with Crippen molar-refractivity contribution in [3.8, 4) is 17.2 Å². The number of carbonyl (C=O) groups is 2. The molecule has 1 aliphatic rings. The topological polar surface area (TPSA) is 77.1 Å². The maximum Gasteiger partial charge on any atom is 0.267 e. The summed E-state index contributed by atoms with van der Waals surface area (Å²) in [5.41, 5.74) is 3.23. The molecule has 2 amide bonds. The maximum absolute atomic E-state index is 12.8. The zero-order valence-electron chi connectivity index (χ0n) is 19.5. The Hall–Kier alpha value is -4.00. The highest BCUT2D eigenvalue weighted by Gasteiger charge is 2.31. The molecule has 4 rings (SSSR count). The number of benzene rings is 3. The van der Waals surface area contributed by atoms with Gasteiger partial charge in [-0.3, -0.25) is 9.59 Å². The van der Waals surface area contributed by atoms with Crippen LogP contribution in [0, 0.1) is 6.92 Å². The molecule has 0 spiro atoms. The molecule has 0 saturated carbocycles. The van der Waals surface area contributed by atoms with Gasteiger partial charge < -0.3 is 24.4 Å². The van der Waals surface area contributed by atoms with Gasteiger partial charge in [0.2, 0.25) is 5.91 Å². The average molecular weight is 461 g/mol. The number of carbonyl (C=O) groups excluding carboxylic acids is 2. The van der Waals surface area contributed by atoms with Crippen molar-refractivity contribution >= 4 is 23.2 Å². The smallest absolute Gasteiger partial charge is 0.267 e. The lowest BCUT2D eigenvalue weighted by Gasteiger charge is -2.33. The van der Waals surface area contributed by atoms with E-state index in [1.54, 1.807) is 37.1 Å². The Bertz CT molecular complexity index is 1160. The van der Waals surface area contributed by atoms with Crippen LogP contribution < -0.4 is 24.4 Å². The molecule has 3 aromatic carbocycles. The number of nitrogens with one attached hydrogen (secondary N) is 1. The van der Waals surface area contributed by atoms with Crippen molar-refractivity contribution in [1.29, 1.82) is 0 Å². The molecule has 34 heavy (non-hydrogen) atoms. The van der Waals surface area contributed by atoms with Crippen molar-refractivity contribution < 1.29 is 23.8 Å². The second-order valence-corrected chi connectivity index (χ2v) is 8.17. The SMILES string of the molecule is COc1ccc(CC(=O)Nc2ccc3c(c2)N(CCOc2ccc(C)cc2)C(=O)C(C)O3)cc1. The fourth-order valence-corrected chi connectivity index (χ4v) is 3.74. The highest BCUT2D eigenvalue weighted by atomic mass is 16.5. The quantitative estimate of drug-likeness (QED) is 0.540. The van der Waals surface area contributed by atoms with Crippen molar-refractivity contribution in [2.24, 2.45) is 0 Å². The summed E-state index contributed by atoms with van der Waals surface area (Å²) in [5, 5.41) is 2.91. The van der Waals surface area contributed by atoms with Gasteiger partial charge in [0.1, 0.15) is 23.9 Å². The van der Waals surface area contributed by atoms with E-state index >= 15 is 0 Å². The third kappa shape index (κ3) is 5.49. The van der Waals surface area contributed by atoms with Crippen LogP contribution in [0.15, 0.2) is 66.7 Å².